The molecule has 0 unspecified atom stereocenters. The lowest BCUT2D eigenvalue weighted by Gasteiger charge is -2.12. The van der Waals surface area contributed by atoms with E-state index in [1.165, 1.54) is 12.1 Å². The third kappa shape index (κ3) is 3.80. The largest absolute Gasteiger partial charge is 0.496 e. The Kier molecular flexibility index (Phi) is 4.94. The van der Waals surface area contributed by atoms with E-state index in [0.29, 0.717) is 28.0 Å². The van der Waals surface area contributed by atoms with Gasteiger partial charge < -0.3 is 15.2 Å². The molecule has 0 spiro atoms. The van der Waals surface area contributed by atoms with Gasteiger partial charge in [-0.1, -0.05) is 23.2 Å². The van der Waals surface area contributed by atoms with Gasteiger partial charge in [0.15, 0.2) is 0 Å². The molecule has 0 amide bonds. The molecule has 4 nitrogen and oxygen atoms in total. The van der Waals surface area contributed by atoms with Crippen molar-refractivity contribution in [2.75, 3.05) is 12.4 Å². The average molecular weight is 326 g/mol. The van der Waals surface area contributed by atoms with Crippen LogP contribution in [-0.2, 0) is 6.54 Å². The summed E-state index contributed by atoms with van der Waals surface area (Å²) in [5.41, 5.74) is 1.56. The van der Waals surface area contributed by atoms with E-state index < -0.39 is 5.97 Å². The van der Waals surface area contributed by atoms with Crippen molar-refractivity contribution in [2.24, 2.45) is 0 Å². The number of carboxylic acid groups (broad SMARTS) is 1. The van der Waals surface area contributed by atoms with Gasteiger partial charge in [0.2, 0.25) is 0 Å². The van der Waals surface area contributed by atoms with Crippen LogP contribution in [0.4, 0.5) is 5.69 Å². The Bertz CT molecular complexity index is 674. The van der Waals surface area contributed by atoms with Gasteiger partial charge >= 0.3 is 5.97 Å². The van der Waals surface area contributed by atoms with Crippen LogP contribution in [0, 0.1) is 0 Å². The third-order valence-electron chi connectivity index (χ3n) is 2.93. The quantitative estimate of drug-likeness (QED) is 0.859. The summed E-state index contributed by atoms with van der Waals surface area (Å²) < 4.78 is 5.26. The van der Waals surface area contributed by atoms with Gasteiger partial charge in [-0.05, 0) is 36.4 Å². The molecule has 0 atom stereocenters. The normalized spacial score (nSPS) is 10.2. The molecule has 0 aliphatic rings. The lowest BCUT2D eigenvalue weighted by atomic mass is 10.1. The highest BCUT2D eigenvalue weighted by atomic mass is 35.5. The number of hydrogen-bond acceptors (Lipinski definition) is 3. The highest BCUT2D eigenvalue weighted by Crippen LogP contribution is 2.27. The van der Waals surface area contributed by atoms with Crippen molar-refractivity contribution in [3.8, 4) is 5.75 Å². The molecule has 0 aliphatic heterocycles. The van der Waals surface area contributed by atoms with Crippen LogP contribution in [0.1, 0.15) is 15.9 Å². The first-order valence-electron chi connectivity index (χ1n) is 6.10. The molecule has 6 heteroatoms. The Hall–Kier alpha value is -1.91. The number of hydrogen-bond donors (Lipinski definition) is 2. The van der Waals surface area contributed by atoms with Crippen LogP contribution in [0.3, 0.4) is 0 Å². The first-order valence-corrected chi connectivity index (χ1v) is 6.86. The van der Waals surface area contributed by atoms with E-state index in [9.17, 15) is 4.79 Å². The van der Waals surface area contributed by atoms with Gasteiger partial charge in [0.25, 0.3) is 0 Å². The van der Waals surface area contributed by atoms with E-state index in [0.717, 1.165) is 5.56 Å². The zero-order chi connectivity index (χ0) is 15.4. The van der Waals surface area contributed by atoms with Crippen LogP contribution in [0.2, 0.25) is 10.0 Å². The van der Waals surface area contributed by atoms with Gasteiger partial charge in [-0.2, -0.15) is 0 Å². The van der Waals surface area contributed by atoms with E-state index in [2.05, 4.69) is 5.32 Å². The van der Waals surface area contributed by atoms with Crippen molar-refractivity contribution in [3.05, 3.63) is 57.6 Å². The zero-order valence-electron chi connectivity index (χ0n) is 11.2. The molecule has 0 bridgehead atoms. The summed E-state index contributed by atoms with van der Waals surface area (Å²) in [6.45, 7) is 0.409. The van der Waals surface area contributed by atoms with Crippen LogP contribution in [0.5, 0.6) is 5.75 Å². The minimum absolute atomic E-state index is 0.167. The second-order valence-electron chi connectivity index (χ2n) is 4.31. The molecule has 0 saturated heterocycles. The molecule has 2 rings (SSSR count). The average Bonchev–Trinajstić information content (AvgIpc) is 2.46. The first-order chi connectivity index (χ1) is 10.0. The van der Waals surface area contributed by atoms with Gasteiger partial charge in [0.05, 0.1) is 23.4 Å². The molecule has 0 aromatic heterocycles. The van der Waals surface area contributed by atoms with Crippen molar-refractivity contribution in [1.29, 1.82) is 0 Å². The lowest BCUT2D eigenvalue weighted by Crippen LogP contribution is -2.04. The Morgan fingerprint density at radius 3 is 2.67 bits per heavy atom. The van der Waals surface area contributed by atoms with E-state index in [4.69, 9.17) is 33.0 Å². The Morgan fingerprint density at radius 2 is 2.00 bits per heavy atom. The minimum Gasteiger partial charge on any atom is -0.496 e. The van der Waals surface area contributed by atoms with Crippen molar-refractivity contribution in [2.45, 2.75) is 6.54 Å². The number of aromatic carboxylic acids is 1. The molecule has 0 aliphatic carbocycles. The third-order valence-corrected chi connectivity index (χ3v) is 3.49. The summed E-state index contributed by atoms with van der Waals surface area (Å²) in [6.07, 6.45) is 0. The van der Waals surface area contributed by atoms with Crippen LogP contribution >= 0.6 is 23.2 Å². The van der Waals surface area contributed by atoms with E-state index >= 15 is 0 Å². The smallest absolute Gasteiger partial charge is 0.335 e. The summed E-state index contributed by atoms with van der Waals surface area (Å²) in [4.78, 5) is 11.0. The maximum Gasteiger partial charge on any atom is 0.335 e. The zero-order valence-corrected chi connectivity index (χ0v) is 12.7. The fraction of sp³-hybridized carbons (Fsp3) is 0.133. The number of carbonyl (C=O) groups is 1. The Morgan fingerprint density at radius 1 is 1.24 bits per heavy atom. The van der Waals surface area contributed by atoms with Gasteiger partial charge in [0, 0.05) is 17.1 Å². The molecular formula is C15H13Cl2NO3. The van der Waals surface area contributed by atoms with Crippen LogP contribution in [-0.4, -0.2) is 18.2 Å². The minimum atomic E-state index is -1.00. The number of nitrogens with one attached hydrogen (secondary N) is 1. The number of methoxy groups -OCH3 is 1. The first kappa shape index (κ1) is 15.5. The predicted octanol–water partition coefficient (Wildman–Crippen LogP) is 4.31. The Balaban J connectivity index is 2.22. The molecular weight excluding hydrogens is 313 g/mol. The van der Waals surface area contributed by atoms with Crippen molar-refractivity contribution in [3.63, 3.8) is 0 Å². The SMILES string of the molecule is COc1ccc(Cl)cc1CNc1cc(C(=O)O)ccc1Cl. The number of ether oxygens (including phenoxy) is 1. The maximum absolute atomic E-state index is 11.0. The fourth-order valence-corrected chi connectivity index (χ4v) is 2.25. The number of anilines is 1. The predicted molar refractivity (Wildman–Crippen MR) is 83.7 cm³/mol. The monoisotopic (exact) mass is 325 g/mol. The summed E-state index contributed by atoms with van der Waals surface area (Å²) >= 11 is 12.0. The molecule has 0 radical (unpaired) electrons. The van der Waals surface area contributed by atoms with Crippen molar-refractivity contribution >= 4 is 34.9 Å². The van der Waals surface area contributed by atoms with Gasteiger partial charge in [-0.25, -0.2) is 4.79 Å². The molecule has 2 aromatic rings. The summed E-state index contributed by atoms with van der Waals surface area (Å²) in [7, 11) is 1.57. The van der Waals surface area contributed by atoms with Crippen LogP contribution < -0.4 is 10.1 Å². The topological polar surface area (TPSA) is 58.6 Å². The highest BCUT2D eigenvalue weighted by Gasteiger charge is 2.09. The Labute approximate surface area is 132 Å². The van der Waals surface area contributed by atoms with Crippen molar-refractivity contribution in [1.82, 2.24) is 0 Å². The van der Waals surface area contributed by atoms with E-state index in [1.54, 1.807) is 31.4 Å². The van der Waals surface area contributed by atoms with E-state index in [1.807, 2.05) is 0 Å². The van der Waals surface area contributed by atoms with Gasteiger partial charge in [0.1, 0.15) is 5.75 Å². The van der Waals surface area contributed by atoms with Crippen molar-refractivity contribution < 1.29 is 14.6 Å². The number of halogens is 2. The lowest BCUT2D eigenvalue weighted by molar-refractivity contribution is 0.0697. The molecule has 0 saturated carbocycles. The molecule has 0 heterocycles. The summed E-state index contributed by atoms with van der Waals surface area (Å²) in [5.74, 6) is -0.313. The highest BCUT2D eigenvalue weighted by molar-refractivity contribution is 6.33. The molecule has 0 fully saturated rings. The summed E-state index contributed by atoms with van der Waals surface area (Å²) in [6, 6.07) is 9.78. The number of carboxylic acids is 1. The van der Waals surface area contributed by atoms with Gasteiger partial charge in [-0.3, -0.25) is 0 Å². The summed E-state index contributed by atoms with van der Waals surface area (Å²) in [5, 5.41) is 13.1. The molecule has 21 heavy (non-hydrogen) atoms. The number of benzene rings is 2. The number of rotatable bonds is 5. The molecule has 2 aromatic carbocycles. The van der Waals surface area contributed by atoms with E-state index in [-0.39, 0.29) is 5.56 Å². The molecule has 110 valence electrons. The standard InChI is InChI=1S/C15H13Cl2NO3/c1-21-14-5-3-11(16)6-10(14)8-18-13-7-9(15(19)20)2-4-12(13)17/h2-7,18H,8H2,1H3,(H,19,20). The van der Waals surface area contributed by atoms with Gasteiger partial charge in [-0.15, -0.1) is 0 Å². The second kappa shape index (κ2) is 6.70. The fourth-order valence-electron chi connectivity index (χ4n) is 1.87. The molecule has 2 N–H and O–H groups in total. The maximum atomic E-state index is 11.0. The second-order valence-corrected chi connectivity index (χ2v) is 5.15. The van der Waals surface area contributed by atoms with Crippen LogP contribution in [0.25, 0.3) is 0 Å². The van der Waals surface area contributed by atoms with Crippen LogP contribution in [0.15, 0.2) is 36.4 Å².